The Balaban J connectivity index is 1.91. The lowest BCUT2D eigenvalue weighted by Gasteiger charge is -2.30. The number of sulfonamides is 1. The molecule has 1 atom stereocenters. The number of hydrogen-bond donors (Lipinski definition) is 1. The first-order chi connectivity index (χ1) is 9.86. The van der Waals surface area contributed by atoms with E-state index in [0.717, 1.165) is 12.8 Å². The van der Waals surface area contributed by atoms with E-state index in [1.807, 2.05) is 0 Å². The normalized spacial score (nSPS) is 20.5. The third-order valence-electron chi connectivity index (χ3n) is 3.18. The summed E-state index contributed by atoms with van der Waals surface area (Å²) in [6.07, 6.45) is 2.99. The molecule has 1 aromatic heterocycles. The molecule has 0 radical (unpaired) electrons. The fourth-order valence-electron chi connectivity index (χ4n) is 2.18. The number of tetrazole rings is 1. The maximum absolute atomic E-state index is 11.6. The summed E-state index contributed by atoms with van der Waals surface area (Å²) in [5, 5.41) is 20.1. The molecule has 1 N–H and O–H groups in total. The van der Waals surface area contributed by atoms with Gasteiger partial charge in [0.25, 0.3) is 0 Å². The van der Waals surface area contributed by atoms with Crippen molar-refractivity contribution in [2.45, 2.75) is 24.5 Å². The van der Waals surface area contributed by atoms with Crippen LogP contribution in [0.25, 0.3) is 0 Å². The van der Waals surface area contributed by atoms with Crippen LogP contribution in [0.15, 0.2) is 5.16 Å². The van der Waals surface area contributed by atoms with Crippen molar-refractivity contribution < 1.29 is 18.3 Å². The SMILES string of the molecule is CS(=O)(=O)N1CCCC(CSc2nnnn2CC(=O)O)C1. The van der Waals surface area contributed by atoms with Crippen LogP contribution in [-0.2, 0) is 21.4 Å². The summed E-state index contributed by atoms with van der Waals surface area (Å²) >= 11 is 1.36. The highest BCUT2D eigenvalue weighted by Gasteiger charge is 2.26. The lowest BCUT2D eigenvalue weighted by atomic mass is 10.0. The number of hydrogen-bond acceptors (Lipinski definition) is 7. The number of carboxylic acid groups (broad SMARTS) is 1. The van der Waals surface area contributed by atoms with E-state index in [4.69, 9.17) is 5.11 Å². The Bertz CT molecular complexity index is 602. The van der Waals surface area contributed by atoms with Crippen LogP contribution < -0.4 is 0 Å². The molecular weight excluding hydrogens is 318 g/mol. The number of aliphatic carboxylic acids is 1. The Kier molecular flexibility index (Phi) is 5.17. The second-order valence-electron chi connectivity index (χ2n) is 4.95. The van der Waals surface area contributed by atoms with Crippen molar-refractivity contribution in [3.05, 3.63) is 0 Å². The van der Waals surface area contributed by atoms with Crippen LogP contribution in [-0.4, -0.2) is 69.1 Å². The number of rotatable bonds is 6. The van der Waals surface area contributed by atoms with Crippen molar-refractivity contribution in [3.63, 3.8) is 0 Å². The van der Waals surface area contributed by atoms with Gasteiger partial charge in [0.05, 0.1) is 6.26 Å². The van der Waals surface area contributed by atoms with Crippen LogP contribution in [0, 0.1) is 5.92 Å². The molecule has 0 spiro atoms. The number of nitrogens with zero attached hydrogens (tertiary/aromatic N) is 5. The quantitative estimate of drug-likeness (QED) is 0.693. The molecule has 2 rings (SSSR count). The predicted molar refractivity (Wildman–Crippen MR) is 75.3 cm³/mol. The van der Waals surface area contributed by atoms with Crippen LogP contribution in [0.4, 0.5) is 0 Å². The first-order valence-corrected chi connectivity index (χ1v) is 9.25. The molecule has 9 nitrogen and oxygen atoms in total. The number of piperidine rings is 1. The zero-order chi connectivity index (χ0) is 15.5. The fraction of sp³-hybridized carbons (Fsp3) is 0.800. The molecule has 1 fully saturated rings. The van der Waals surface area contributed by atoms with E-state index in [2.05, 4.69) is 15.5 Å². The summed E-state index contributed by atoms with van der Waals surface area (Å²) in [6, 6.07) is 0. The molecular formula is C10H17N5O4S2. The van der Waals surface area contributed by atoms with E-state index < -0.39 is 16.0 Å². The van der Waals surface area contributed by atoms with Gasteiger partial charge in [0.2, 0.25) is 15.2 Å². The molecule has 0 amide bonds. The van der Waals surface area contributed by atoms with Gasteiger partial charge in [-0.3, -0.25) is 4.79 Å². The highest BCUT2D eigenvalue weighted by molar-refractivity contribution is 7.99. The molecule has 1 aliphatic rings. The molecule has 0 bridgehead atoms. The van der Waals surface area contributed by atoms with E-state index in [9.17, 15) is 13.2 Å². The topological polar surface area (TPSA) is 118 Å². The minimum Gasteiger partial charge on any atom is -0.480 e. The molecule has 11 heteroatoms. The number of thioether (sulfide) groups is 1. The van der Waals surface area contributed by atoms with Gasteiger partial charge in [-0.05, 0) is 29.2 Å². The van der Waals surface area contributed by atoms with Crippen LogP contribution in [0.5, 0.6) is 0 Å². The van der Waals surface area contributed by atoms with Crippen LogP contribution in [0.3, 0.4) is 0 Å². The smallest absolute Gasteiger partial charge is 0.325 e. The molecule has 2 heterocycles. The van der Waals surface area contributed by atoms with Crippen molar-refractivity contribution in [1.29, 1.82) is 0 Å². The van der Waals surface area contributed by atoms with Crippen molar-refractivity contribution >= 4 is 27.8 Å². The summed E-state index contributed by atoms with van der Waals surface area (Å²) in [6.45, 7) is 0.776. The Morgan fingerprint density at radius 2 is 2.29 bits per heavy atom. The van der Waals surface area contributed by atoms with Gasteiger partial charge in [-0.15, -0.1) is 5.10 Å². The van der Waals surface area contributed by atoms with E-state index in [0.29, 0.717) is 24.0 Å². The Labute approximate surface area is 126 Å². The van der Waals surface area contributed by atoms with Gasteiger partial charge in [0.15, 0.2) is 0 Å². The zero-order valence-electron chi connectivity index (χ0n) is 11.5. The van der Waals surface area contributed by atoms with Crippen LogP contribution in [0.1, 0.15) is 12.8 Å². The number of aromatic nitrogens is 4. The van der Waals surface area contributed by atoms with Gasteiger partial charge < -0.3 is 5.11 Å². The highest BCUT2D eigenvalue weighted by Crippen LogP contribution is 2.25. The molecule has 1 unspecified atom stereocenters. The van der Waals surface area contributed by atoms with Crippen molar-refractivity contribution in [3.8, 4) is 0 Å². The van der Waals surface area contributed by atoms with Crippen molar-refractivity contribution in [1.82, 2.24) is 24.5 Å². The largest absolute Gasteiger partial charge is 0.480 e. The lowest BCUT2D eigenvalue weighted by molar-refractivity contribution is -0.138. The fourth-order valence-corrected chi connectivity index (χ4v) is 4.13. The third kappa shape index (κ3) is 4.64. The molecule has 0 saturated carbocycles. The first kappa shape index (κ1) is 16.2. The van der Waals surface area contributed by atoms with E-state index in [1.54, 1.807) is 0 Å². The van der Waals surface area contributed by atoms with Gasteiger partial charge in [0.1, 0.15) is 6.54 Å². The summed E-state index contributed by atoms with van der Waals surface area (Å²) in [7, 11) is -3.15. The number of carboxylic acids is 1. The average molecular weight is 335 g/mol. The molecule has 118 valence electrons. The minimum atomic E-state index is -3.15. The van der Waals surface area contributed by atoms with Gasteiger partial charge in [-0.1, -0.05) is 11.8 Å². The summed E-state index contributed by atoms with van der Waals surface area (Å²) in [5.41, 5.74) is 0. The second kappa shape index (κ2) is 6.71. The van der Waals surface area contributed by atoms with E-state index >= 15 is 0 Å². The predicted octanol–water partition coefficient (Wildman–Crippen LogP) is -0.479. The van der Waals surface area contributed by atoms with Crippen molar-refractivity contribution in [2.75, 3.05) is 25.1 Å². The molecule has 1 saturated heterocycles. The minimum absolute atomic E-state index is 0.216. The Morgan fingerprint density at radius 1 is 1.52 bits per heavy atom. The zero-order valence-corrected chi connectivity index (χ0v) is 13.2. The van der Waals surface area contributed by atoms with E-state index in [-0.39, 0.29) is 12.5 Å². The van der Waals surface area contributed by atoms with Gasteiger partial charge in [-0.25, -0.2) is 17.4 Å². The third-order valence-corrected chi connectivity index (χ3v) is 5.64. The van der Waals surface area contributed by atoms with Crippen LogP contribution in [0.2, 0.25) is 0 Å². The highest BCUT2D eigenvalue weighted by atomic mass is 32.2. The van der Waals surface area contributed by atoms with Crippen molar-refractivity contribution in [2.24, 2.45) is 5.92 Å². The molecule has 21 heavy (non-hydrogen) atoms. The Hall–Kier alpha value is -1.20. The lowest BCUT2D eigenvalue weighted by Crippen LogP contribution is -2.39. The summed E-state index contributed by atoms with van der Waals surface area (Å²) < 4.78 is 25.8. The summed E-state index contributed by atoms with van der Waals surface area (Å²) in [4.78, 5) is 10.7. The summed E-state index contributed by atoms with van der Waals surface area (Å²) in [5.74, 6) is -0.134. The number of carbonyl (C=O) groups is 1. The second-order valence-corrected chi connectivity index (χ2v) is 7.92. The van der Waals surface area contributed by atoms with Gasteiger partial charge in [0, 0.05) is 18.8 Å². The monoisotopic (exact) mass is 335 g/mol. The average Bonchev–Trinajstić information content (AvgIpc) is 2.82. The van der Waals surface area contributed by atoms with E-state index in [1.165, 1.54) is 27.0 Å². The molecule has 1 aliphatic heterocycles. The van der Waals surface area contributed by atoms with Gasteiger partial charge >= 0.3 is 5.97 Å². The van der Waals surface area contributed by atoms with Gasteiger partial charge in [-0.2, -0.15) is 0 Å². The molecule has 0 aromatic carbocycles. The van der Waals surface area contributed by atoms with Crippen LogP contribution >= 0.6 is 11.8 Å². The molecule has 0 aliphatic carbocycles. The Morgan fingerprint density at radius 3 is 2.95 bits per heavy atom. The maximum atomic E-state index is 11.6. The standard InChI is InChI=1S/C10H17N5O4S2/c1-21(18,19)14-4-2-3-8(5-14)7-20-10-11-12-13-15(10)6-9(16)17/h8H,2-7H2,1H3,(H,16,17). The first-order valence-electron chi connectivity index (χ1n) is 6.42. The maximum Gasteiger partial charge on any atom is 0.325 e. The molecule has 1 aromatic rings.